The van der Waals surface area contributed by atoms with Gasteiger partial charge >= 0.3 is 0 Å². The highest BCUT2D eigenvalue weighted by Gasteiger charge is 2.10. The van der Waals surface area contributed by atoms with Gasteiger partial charge < -0.3 is 0 Å². The van der Waals surface area contributed by atoms with Gasteiger partial charge in [0.2, 0.25) is 0 Å². The molecule has 72 valence electrons. The van der Waals surface area contributed by atoms with Crippen molar-refractivity contribution in [2.24, 2.45) is 11.8 Å². The lowest BCUT2D eigenvalue weighted by Crippen LogP contribution is -1.93. The highest BCUT2D eigenvalue weighted by molar-refractivity contribution is 8.06. The van der Waals surface area contributed by atoms with E-state index in [0.717, 1.165) is 0 Å². The number of allylic oxidation sites excluding steroid dienone is 6. The maximum absolute atomic E-state index is 2.25. The van der Waals surface area contributed by atoms with Crippen LogP contribution in [0, 0.1) is 11.8 Å². The molecule has 0 aromatic heterocycles. The van der Waals surface area contributed by atoms with Gasteiger partial charge in [0, 0.05) is 0 Å². The molecule has 0 saturated carbocycles. The van der Waals surface area contributed by atoms with Gasteiger partial charge in [0.15, 0.2) is 0 Å². The second-order valence-electron chi connectivity index (χ2n) is 3.93. The second kappa shape index (κ2) is 4.71. The van der Waals surface area contributed by atoms with Gasteiger partial charge in [0.25, 0.3) is 0 Å². The molecule has 0 saturated heterocycles. The summed E-state index contributed by atoms with van der Waals surface area (Å²) in [6.45, 7) is 8.98. The first-order valence-electron chi connectivity index (χ1n) is 4.87. The number of thioether (sulfide) groups is 1. The van der Waals surface area contributed by atoms with Crippen LogP contribution in [0.15, 0.2) is 34.1 Å². The van der Waals surface area contributed by atoms with Gasteiger partial charge in [0.05, 0.1) is 0 Å². The molecule has 1 heteroatoms. The quantitative estimate of drug-likeness (QED) is 0.629. The van der Waals surface area contributed by atoms with Crippen LogP contribution in [-0.4, -0.2) is 0 Å². The van der Waals surface area contributed by atoms with E-state index in [2.05, 4.69) is 52.0 Å². The predicted octanol–water partition coefficient (Wildman–Crippen LogP) is 4.37. The lowest BCUT2D eigenvalue weighted by Gasteiger charge is -2.14. The number of hydrogen-bond acceptors (Lipinski definition) is 1. The fraction of sp³-hybridized carbons (Fsp3) is 0.500. The molecule has 0 amide bonds. The fourth-order valence-corrected chi connectivity index (χ4v) is 2.16. The van der Waals surface area contributed by atoms with E-state index in [1.165, 1.54) is 9.81 Å². The van der Waals surface area contributed by atoms with Crippen molar-refractivity contribution in [3.8, 4) is 0 Å². The highest BCUT2D eigenvalue weighted by atomic mass is 32.2. The molecule has 1 aliphatic heterocycles. The minimum Gasteiger partial charge on any atom is -0.0985 e. The Morgan fingerprint density at radius 2 is 1.23 bits per heavy atom. The summed E-state index contributed by atoms with van der Waals surface area (Å²) in [4.78, 5) is 2.93. The van der Waals surface area contributed by atoms with Crippen LogP contribution in [0.1, 0.15) is 27.7 Å². The van der Waals surface area contributed by atoms with Gasteiger partial charge in [-0.05, 0) is 21.6 Å². The molecular weight excluding hydrogens is 176 g/mol. The first-order chi connectivity index (χ1) is 6.11. The zero-order valence-corrected chi connectivity index (χ0v) is 9.69. The molecule has 0 unspecified atom stereocenters. The van der Waals surface area contributed by atoms with E-state index in [9.17, 15) is 0 Å². The Balaban J connectivity index is 2.80. The molecule has 0 N–H and O–H groups in total. The Morgan fingerprint density at radius 1 is 0.846 bits per heavy atom. The van der Waals surface area contributed by atoms with Crippen molar-refractivity contribution in [1.29, 1.82) is 0 Å². The number of rotatable bonds is 2. The highest BCUT2D eigenvalue weighted by Crippen LogP contribution is 2.36. The molecule has 0 fully saturated rings. The molecular formula is C12H18S. The van der Waals surface area contributed by atoms with Crippen molar-refractivity contribution in [3.63, 3.8) is 0 Å². The zero-order valence-electron chi connectivity index (χ0n) is 8.87. The van der Waals surface area contributed by atoms with E-state index in [1.807, 2.05) is 11.8 Å². The van der Waals surface area contributed by atoms with E-state index in [4.69, 9.17) is 0 Å². The van der Waals surface area contributed by atoms with Crippen LogP contribution in [0.5, 0.6) is 0 Å². The minimum atomic E-state index is 0.634. The van der Waals surface area contributed by atoms with Crippen LogP contribution >= 0.6 is 11.8 Å². The molecule has 0 radical (unpaired) electrons. The van der Waals surface area contributed by atoms with Gasteiger partial charge in [-0.2, -0.15) is 0 Å². The summed E-state index contributed by atoms with van der Waals surface area (Å²) < 4.78 is 0. The average molecular weight is 194 g/mol. The molecule has 0 aromatic carbocycles. The molecule has 0 spiro atoms. The lowest BCUT2D eigenvalue weighted by molar-refractivity contribution is 0.804. The minimum absolute atomic E-state index is 0.634. The van der Waals surface area contributed by atoms with Crippen LogP contribution in [0.4, 0.5) is 0 Å². The van der Waals surface area contributed by atoms with E-state index in [1.54, 1.807) is 0 Å². The van der Waals surface area contributed by atoms with E-state index in [0.29, 0.717) is 11.8 Å². The fourth-order valence-electron chi connectivity index (χ4n) is 1.13. The lowest BCUT2D eigenvalue weighted by atomic mass is 10.2. The third-order valence-electron chi connectivity index (χ3n) is 2.01. The molecule has 0 aromatic rings. The van der Waals surface area contributed by atoms with E-state index in [-0.39, 0.29) is 0 Å². The van der Waals surface area contributed by atoms with Crippen LogP contribution in [0.25, 0.3) is 0 Å². The average Bonchev–Trinajstić information content (AvgIpc) is 2.28. The molecule has 0 aliphatic carbocycles. The Morgan fingerprint density at radius 3 is 1.54 bits per heavy atom. The third-order valence-corrected chi connectivity index (χ3v) is 3.69. The topological polar surface area (TPSA) is 0 Å². The SMILES string of the molecule is CC(C)C1=CC=CC=C(C(C)C)S1. The van der Waals surface area contributed by atoms with Gasteiger partial charge in [-0.15, -0.1) is 0 Å². The van der Waals surface area contributed by atoms with Crippen molar-refractivity contribution in [1.82, 2.24) is 0 Å². The van der Waals surface area contributed by atoms with Crippen LogP contribution < -0.4 is 0 Å². The van der Waals surface area contributed by atoms with Crippen molar-refractivity contribution >= 4 is 11.8 Å². The van der Waals surface area contributed by atoms with Gasteiger partial charge in [-0.1, -0.05) is 63.8 Å². The normalized spacial score (nSPS) is 17.4. The van der Waals surface area contributed by atoms with Crippen LogP contribution in [0.2, 0.25) is 0 Å². The summed E-state index contributed by atoms with van der Waals surface area (Å²) in [6, 6.07) is 0. The Hall–Kier alpha value is -0.430. The summed E-state index contributed by atoms with van der Waals surface area (Å²) in [5.74, 6) is 1.27. The standard InChI is InChI=1S/C12H18S/c1-9(2)11-7-5-6-8-12(13-11)10(3)4/h5-10H,1-4H3. The summed E-state index contributed by atoms with van der Waals surface area (Å²) in [7, 11) is 0. The maximum atomic E-state index is 2.25. The van der Waals surface area contributed by atoms with Gasteiger partial charge in [-0.25, -0.2) is 0 Å². The molecule has 0 atom stereocenters. The van der Waals surface area contributed by atoms with E-state index >= 15 is 0 Å². The largest absolute Gasteiger partial charge is 0.0985 e. The second-order valence-corrected chi connectivity index (χ2v) is 5.08. The maximum Gasteiger partial charge on any atom is -0.00800 e. The molecule has 0 bridgehead atoms. The number of hydrogen-bond donors (Lipinski definition) is 0. The first kappa shape index (κ1) is 10.6. The summed E-state index contributed by atoms with van der Waals surface area (Å²) in [5.41, 5.74) is 0. The van der Waals surface area contributed by atoms with Crippen molar-refractivity contribution in [3.05, 3.63) is 34.1 Å². The van der Waals surface area contributed by atoms with Crippen LogP contribution in [-0.2, 0) is 0 Å². The summed E-state index contributed by atoms with van der Waals surface area (Å²) >= 11 is 1.93. The van der Waals surface area contributed by atoms with Crippen molar-refractivity contribution in [2.45, 2.75) is 27.7 Å². The monoisotopic (exact) mass is 194 g/mol. The molecule has 0 nitrogen and oxygen atoms in total. The summed E-state index contributed by atoms with van der Waals surface area (Å²) in [5, 5.41) is 0. The van der Waals surface area contributed by atoms with E-state index < -0.39 is 0 Å². The van der Waals surface area contributed by atoms with Crippen molar-refractivity contribution in [2.75, 3.05) is 0 Å². The Bertz CT molecular complexity index is 228. The smallest absolute Gasteiger partial charge is 0.00800 e. The molecule has 13 heavy (non-hydrogen) atoms. The van der Waals surface area contributed by atoms with Crippen molar-refractivity contribution < 1.29 is 0 Å². The Kier molecular flexibility index (Phi) is 3.86. The first-order valence-corrected chi connectivity index (χ1v) is 5.69. The predicted molar refractivity (Wildman–Crippen MR) is 62.6 cm³/mol. The van der Waals surface area contributed by atoms with Gasteiger partial charge in [0.1, 0.15) is 0 Å². The third kappa shape index (κ3) is 3.07. The molecule has 1 rings (SSSR count). The molecule has 1 heterocycles. The van der Waals surface area contributed by atoms with Crippen LogP contribution in [0.3, 0.4) is 0 Å². The molecule has 1 aliphatic rings. The van der Waals surface area contributed by atoms with Gasteiger partial charge in [-0.3, -0.25) is 0 Å². The summed E-state index contributed by atoms with van der Waals surface area (Å²) in [6.07, 6.45) is 8.72. The zero-order chi connectivity index (χ0) is 9.84. The Labute approximate surface area is 85.8 Å².